The number of nitrogens with one attached hydrogen (secondary N) is 1. The topological polar surface area (TPSA) is 24.7 Å². The number of hydrogen-bond donors (Lipinski definition) is 2. The molecule has 3 heteroatoms. The lowest BCUT2D eigenvalue weighted by Crippen LogP contribution is -3.14. The second kappa shape index (κ2) is 6.25. The van der Waals surface area contributed by atoms with Crippen molar-refractivity contribution in [3.63, 3.8) is 0 Å². The monoisotopic (exact) mass is 319 g/mol. The summed E-state index contributed by atoms with van der Waals surface area (Å²) in [4.78, 5) is 1.69. The lowest BCUT2D eigenvalue weighted by molar-refractivity contribution is -0.902. The van der Waals surface area contributed by atoms with Gasteiger partial charge in [-0.15, -0.1) is 0 Å². The van der Waals surface area contributed by atoms with Gasteiger partial charge in [-0.3, -0.25) is 0 Å². The van der Waals surface area contributed by atoms with E-state index in [1.54, 1.807) is 4.90 Å². The summed E-state index contributed by atoms with van der Waals surface area (Å²) >= 11 is 0. The van der Waals surface area contributed by atoms with Gasteiger partial charge < -0.3 is 22.4 Å². The van der Waals surface area contributed by atoms with E-state index >= 15 is 0 Å². The standard InChI is InChI=1S/C19H25NO.ClH/c1-20-11-10-17-14-4-6-15(7-5-14)19(17)18(20)12-13-2-8-16(21)9-3-13;/h2-3,8-9,14-15,18,21H,4-7,10-12H2,1H3;1H. The highest BCUT2D eigenvalue weighted by Crippen LogP contribution is 2.48. The molecule has 1 aliphatic heterocycles. The molecule has 2 N–H and O–H groups in total. The first-order chi connectivity index (χ1) is 10.2. The Morgan fingerprint density at radius 3 is 2.36 bits per heavy atom. The first kappa shape index (κ1) is 15.9. The maximum Gasteiger partial charge on any atom is 0.115 e. The number of fused-ring (bicyclic) bond motifs is 2. The molecular weight excluding hydrogens is 294 g/mol. The molecule has 0 saturated heterocycles. The van der Waals surface area contributed by atoms with Crippen LogP contribution in [0.2, 0.25) is 0 Å². The average molecular weight is 320 g/mol. The van der Waals surface area contributed by atoms with Gasteiger partial charge in [0, 0.05) is 12.8 Å². The maximum absolute atomic E-state index is 9.47. The molecule has 2 atom stereocenters. The van der Waals surface area contributed by atoms with Crippen LogP contribution in [0, 0.1) is 11.8 Å². The number of aromatic hydroxyl groups is 1. The van der Waals surface area contributed by atoms with Crippen molar-refractivity contribution in [1.82, 2.24) is 0 Å². The number of likely N-dealkylation sites (N-methyl/N-ethyl adjacent to an activating group) is 1. The molecule has 1 fully saturated rings. The van der Waals surface area contributed by atoms with Crippen molar-refractivity contribution >= 4 is 0 Å². The van der Waals surface area contributed by atoms with Crippen molar-refractivity contribution in [2.45, 2.75) is 44.6 Å². The molecule has 5 rings (SSSR count). The predicted molar refractivity (Wildman–Crippen MR) is 84.4 cm³/mol. The summed E-state index contributed by atoms with van der Waals surface area (Å²) in [5.74, 6) is 2.17. The van der Waals surface area contributed by atoms with Gasteiger partial charge in [0.2, 0.25) is 0 Å². The van der Waals surface area contributed by atoms with Crippen LogP contribution in [0.4, 0.5) is 0 Å². The van der Waals surface area contributed by atoms with E-state index in [0.717, 1.165) is 18.3 Å². The summed E-state index contributed by atoms with van der Waals surface area (Å²) in [6.07, 6.45) is 8.25. The Bertz CT molecular complexity index is 557. The van der Waals surface area contributed by atoms with Crippen molar-refractivity contribution in [2.24, 2.45) is 11.8 Å². The zero-order valence-electron chi connectivity index (χ0n) is 13.3. The van der Waals surface area contributed by atoms with Gasteiger partial charge in [-0.1, -0.05) is 17.7 Å². The molecule has 4 aliphatic rings. The number of benzene rings is 1. The van der Waals surface area contributed by atoms with Gasteiger partial charge in [0.25, 0.3) is 0 Å². The molecule has 1 aromatic carbocycles. The third kappa shape index (κ3) is 2.68. The summed E-state index contributed by atoms with van der Waals surface area (Å²) in [5, 5.41) is 9.47. The van der Waals surface area contributed by atoms with E-state index in [-0.39, 0.29) is 12.4 Å². The molecule has 2 nitrogen and oxygen atoms in total. The minimum absolute atomic E-state index is 0. The van der Waals surface area contributed by atoms with Gasteiger partial charge in [0.05, 0.1) is 13.6 Å². The fraction of sp³-hybridized carbons (Fsp3) is 0.579. The zero-order chi connectivity index (χ0) is 14.4. The van der Waals surface area contributed by atoms with E-state index < -0.39 is 0 Å². The second-order valence-corrected chi connectivity index (χ2v) is 7.30. The van der Waals surface area contributed by atoms with E-state index in [1.807, 2.05) is 23.3 Å². The van der Waals surface area contributed by atoms with Crippen LogP contribution in [0.5, 0.6) is 5.75 Å². The smallest absolute Gasteiger partial charge is 0.115 e. The Morgan fingerprint density at radius 1 is 1.05 bits per heavy atom. The molecule has 0 amide bonds. The van der Waals surface area contributed by atoms with Crippen LogP contribution >= 0.6 is 0 Å². The Kier molecular flexibility index (Phi) is 4.52. The van der Waals surface area contributed by atoms with Crippen molar-refractivity contribution in [3.8, 4) is 5.75 Å². The van der Waals surface area contributed by atoms with E-state index in [0.29, 0.717) is 11.8 Å². The fourth-order valence-electron chi connectivity index (χ4n) is 5.03. The molecule has 1 aromatic rings. The normalized spacial score (nSPS) is 33.3. The molecule has 3 aliphatic carbocycles. The maximum atomic E-state index is 9.47. The Morgan fingerprint density at radius 2 is 1.68 bits per heavy atom. The number of rotatable bonds is 2. The van der Waals surface area contributed by atoms with Gasteiger partial charge in [-0.05, 0) is 60.8 Å². The third-order valence-corrected chi connectivity index (χ3v) is 6.17. The van der Waals surface area contributed by atoms with Crippen molar-refractivity contribution in [1.29, 1.82) is 0 Å². The van der Waals surface area contributed by atoms with Crippen LogP contribution < -0.4 is 17.3 Å². The highest BCUT2D eigenvalue weighted by atomic mass is 35.5. The Balaban J connectivity index is 0.00000144. The van der Waals surface area contributed by atoms with Gasteiger partial charge >= 0.3 is 0 Å². The molecule has 2 unspecified atom stereocenters. The van der Waals surface area contributed by atoms with Crippen LogP contribution in [0.15, 0.2) is 35.4 Å². The van der Waals surface area contributed by atoms with Gasteiger partial charge in [-0.25, -0.2) is 0 Å². The Hall–Kier alpha value is -0.990. The summed E-state index contributed by atoms with van der Waals surface area (Å²) < 4.78 is 0. The molecule has 0 spiro atoms. The average Bonchev–Trinajstić information content (AvgIpc) is 2.53. The number of phenolic OH excluding ortho intramolecular Hbond substituents is 1. The molecule has 0 radical (unpaired) electrons. The second-order valence-electron chi connectivity index (χ2n) is 7.30. The first-order valence-corrected chi connectivity index (χ1v) is 8.55. The van der Waals surface area contributed by atoms with Crippen LogP contribution in [0.25, 0.3) is 0 Å². The first-order valence-electron chi connectivity index (χ1n) is 8.55. The molecule has 2 bridgehead atoms. The van der Waals surface area contributed by atoms with E-state index in [2.05, 4.69) is 19.2 Å². The summed E-state index contributed by atoms with van der Waals surface area (Å²) in [5.41, 5.74) is 5.06. The molecule has 0 aromatic heterocycles. The number of halogens is 1. The summed E-state index contributed by atoms with van der Waals surface area (Å²) in [6, 6.07) is 8.52. The Labute approximate surface area is 139 Å². The zero-order valence-corrected chi connectivity index (χ0v) is 14.1. The number of hydrogen-bond acceptors (Lipinski definition) is 1. The molecule has 1 saturated carbocycles. The highest BCUT2D eigenvalue weighted by Gasteiger charge is 2.43. The molecule has 120 valence electrons. The number of phenols is 1. The van der Waals surface area contributed by atoms with Crippen LogP contribution in [-0.2, 0) is 6.42 Å². The molecule has 1 heterocycles. The van der Waals surface area contributed by atoms with E-state index in [9.17, 15) is 5.11 Å². The summed E-state index contributed by atoms with van der Waals surface area (Å²) in [7, 11) is 2.37. The minimum atomic E-state index is 0. The van der Waals surface area contributed by atoms with Gasteiger partial charge in [0.15, 0.2) is 0 Å². The minimum Gasteiger partial charge on any atom is -1.00 e. The van der Waals surface area contributed by atoms with Crippen LogP contribution in [-0.4, -0.2) is 24.7 Å². The van der Waals surface area contributed by atoms with Crippen molar-refractivity contribution in [2.75, 3.05) is 13.6 Å². The van der Waals surface area contributed by atoms with E-state index in [1.165, 1.54) is 44.2 Å². The SMILES string of the molecule is C[NH+]1CCC2=C(C3CCC2CC3)C1Cc1ccc(O)cc1.[Cl-]. The van der Waals surface area contributed by atoms with Crippen LogP contribution in [0.1, 0.15) is 37.7 Å². The largest absolute Gasteiger partial charge is 1.00 e. The summed E-state index contributed by atoms with van der Waals surface area (Å²) in [6.45, 7) is 1.30. The molecule has 22 heavy (non-hydrogen) atoms. The quantitative estimate of drug-likeness (QED) is 0.695. The van der Waals surface area contributed by atoms with Gasteiger partial charge in [0.1, 0.15) is 11.8 Å². The van der Waals surface area contributed by atoms with Crippen molar-refractivity contribution < 1.29 is 22.4 Å². The predicted octanol–water partition coefficient (Wildman–Crippen LogP) is -0.658. The third-order valence-electron chi connectivity index (χ3n) is 6.17. The van der Waals surface area contributed by atoms with E-state index in [4.69, 9.17) is 0 Å². The highest BCUT2D eigenvalue weighted by molar-refractivity contribution is 5.33. The lowest BCUT2D eigenvalue weighted by Gasteiger charge is -2.47. The number of quaternary nitrogens is 1. The molecular formula is C19H26ClNO. The fourth-order valence-corrected chi connectivity index (χ4v) is 5.03. The van der Waals surface area contributed by atoms with Crippen LogP contribution in [0.3, 0.4) is 0 Å². The van der Waals surface area contributed by atoms with Crippen molar-refractivity contribution in [3.05, 3.63) is 41.0 Å². The lowest BCUT2D eigenvalue weighted by atomic mass is 9.62. The van der Waals surface area contributed by atoms with Gasteiger partial charge in [-0.2, -0.15) is 0 Å².